The highest BCUT2D eigenvalue weighted by Crippen LogP contribution is 2.31. The Morgan fingerprint density at radius 2 is 2.04 bits per heavy atom. The molecule has 0 aliphatic heterocycles. The molecule has 1 aliphatic carbocycles. The lowest BCUT2D eigenvalue weighted by Crippen LogP contribution is -2.44. The summed E-state index contributed by atoms with van der Waals surface area (Å²) in [5.41, 5.74) is -0.879. The summed E-state index contributed by atoms with van der Waals surface area (Å²) in [6, 6.07) is 3.24. The van der Waals surface area contributed by atoms with E-state index in [1.165, 1.54) is 30.2 Å². The van der Waals surface area contributed by atoms with Crippen LogP contribution < -0.4 is 0 Å². The maximum absolute atomic E-state index is 12.8. The van der Waals surface area contributed by atoms with Gasteiger partial charge in [0, 0.05) is 6.04 Å². The molecular weight excluding hydrogens is 353 g/mol. The highest BCUT2D eigenvalue weighted by atomic mass is 19.4. The normalized spacial score (nSPS) is 15.5. The van der Waals surface area contributed by atoms with Gasteiger partial charge in [-0.2, -0.15) is 13.2 Å². The maximum atomic E-state index is 12.8. The molecule has 1 atom stereocenters. The molecule has 1 saturated carbocycles. The number of aromatic nitrogens is 3. The van der Waals surface area contributed by atoms with Crippen molar-refractivity contribution in [3.63, 3.8) is 0 Å². The van der Waals surface area contributed by atoms with Crippen LogP contribution in [0.4, 0.5) is 13.2 Å². The van der Waals surface area contributed by atoms with Gasteiger partial charge >= 0.3 is 12.1 Å². The van der Waals surface area contributed by atoms with Gasteiger partial charge in [0.15, 0.2) is 5.69 Å². The van der Waals surface area contributed by atoms with Crippen LogP contribution >= 0.6 is 0 Å². The molecule has 2 aromatic rings. The van der Waals surface area contributed by atoms with E-state index >= 15 is 0 Å². The fourth-order valence-corrected chi connectivity index (χ4v) is 2.57. The molecule has 3 rings (SSSR count). The number of aliphatic carboxylic acids is 1. The van der Waals surface area contributed by atoms with Crippen molar-refractivity contribution in [2.75, 3.05) is 0 Å². The second-order valence-corrected chi connectivity index (χ2v) is 6.05. The molecule has 0 spiro atoms. The fraction of sp³-hybridized carbons (Fsp3) is 0.375. The van der Waals surface area contributed by atoms with Gasteiger partial charge in [0.05, 0.1) is 17.4 Å². The molecule has 10 heteroatoms. The molecule has 0 bridgehead atoms. The number of nitrogens with zero attached hydrogens (tertiary/aromatic N) is 4. The predicted molar refractivity (Wildman–Crippen MR) is 82.7 cm³/mol. The zero-order chi connectivity index (χ0) is 19.1. The number of benzene rings is 1. The van der Waals surface area contributed by atoms with E-state index in [-0.39, 0.29) is 17.4 Å². The third kappa shape index (κ3) is 3.53. The van der Waals surface area contributed by atoms with Crippen molar-refractivity contribution in [2.45, 2.75) is 38.0 Å². The standard InChI is InChI=1S/C16H15F3N4O3/c1-9(15(25)26)23(11-5-6-11)14(24)13-8-22(21-20-13)12-4-2-3-10(7-12)16(17,18)19/h2-4,7-9,11H,5-6H2,1H3,(H,25,26). The Kier molecular flexibility index (Phi) is 4.43. The Labute approximate surface area is 146 Å². The smallest absolute Gasteiger partial charge is 0.416 e. The third-order valence-electron chi connectivity index (χ3n) is 4.10. The number of carbonyl (C=O) groups excluding carboxylic acids is 1. The first-order valence-electron chi connectivity index (χ1n) is 7.84. The SMILES string of the molecule is CC(C(=O)O)N(C(=O)c1cn(-c2cccc(C(F)(F)F)c2)nn1)C1CC1. The van der Waals surface area contributed by atoms with Gasteiger partial charge in [-0.05, 0) is 38.0 Å². The Morgan fingerprint density at radius 1 is 1.35 bits per heavy atom. The summed E-state index contributed by atoms with van der Waals surface area (Å²) in [6.07, 6.45) is -1.91. The summed E-state index contributed by atoms with van der Waals surface area (Å²) in [6.45, 7) is 1.40. The van der Waals surface area contributed by atoms with Gasteiger partial charge in [-0.25, -0.2) is 9.48 Å². The number of carbonyl (C=O) groups is 2. The number of halogens is 3. The Balaban J connectivity index is 1.88. The topological polar surface area (TPSA) is 88.3 Å². The van der Waals surface area contributed by atoms with E-state index in [1.807, 2.05) is 0 Å². The van der Waals surface area contributed by atoms with Crippen molar-refractivity contribution < 1.29 is 27.9 Å². The maximum Gasteiger partial charge on any atom is 0.416 e. The number of hydrogen-bond donors (Lipinski definition) is 1. The van der Waals surface area contributed by atoms with Crippen molar-refractivity contribution in [1.29, 1.82) is 0 Å². The lowest BCUT2D eigenvalue weighted by molar-refractivity contribution is -0.142. The summed E-state index contributed by atoms with van der Waals surface area (Å²) >= 11 is 0. The van der Waals surface area contributed by atoms with Crippen LogP contribution in [0.25, 0.3) is 5.69 Å². The number of carboxylic acid groups (broad SMARTS) is 1. The van der Waals surface area contributed by atoms with Gasteiger partial charge in [0.1, 0.15) is 6.04 Å². The Bertz CT molecular complexity index is 845. The van der Waals surface area contributed by atoms with Crippen LogP contribution in [-0.4, -0.2) is 49.0 Å². The molecule has 1 aromatic heterocycles. The zero-order valence-electron chi connectivity index (χ0n) is 13.6. The van der Waals surface area contributed by atoms with Gasteiger partial charge in [0.2, 0.25) is 0 Å². The number of amides is 1. The van der Waals surface area contributed by atoms with Crippen molar-refractivity contribution in [1.82, 2.24) is 19.9 Å². The largest absolute Gasteiger partial charge is 0.480 e. The molecule has 0 radical (unpaired) electrons. The Hall–Kier alpha value is -2.91. The summed E-state index contributed by atoms with van der Waals surface area (Å²) in [5.74, 6) is -1.75. The first-order valence-corrected chi connectivity index (χ1v) is 7.84. The van der Waals surface area contributed by atoms with Crippen LogP contribution in [0.5, 0.6) is 0 Å². The van der Waals surface area contributed by atoms with Crippen molar-refractivity contribution in [3.05, 3.63) is 41.7 Å². The fourth-order valence-electron chi connectivity index (χ4n) is 2.57. The van der Waals surface area contributed by atoms with E-state index < -0.39 is 29.7 Å². The molecule has 26 heavy (non-hydrogen) atoms. The monoisotopic (exact) mass is 368 g/mol. The predicted octanol–water partition coefficient (Wildman–Crippen LogP) is 2.36. The lowest BCUT2D eigenvalue weighted by atomic mass is 10.2. The minimum Gasteiger partial charge on any atom is -0.480 e. The van der Waals surface area contributed by atoms with Crippen LogP contribution in [0, 0.1) is 0 Å². The van der Waals surface area contributed by atoms with Crippen molar-refractivity contribution in [2.24, 2.45) is 0 Å². The second kappa shape index (κ2) is 6.43. The van der Waals surface area contributed by atoms with E-state index in [0.717, 1.165) is 16.8 Å². The molecule has 7 nitrogen and oxygen atoms in total. The second-order valence-electron chi connectivity index (χ2n) is 6.05. The Morgan fingerprint density at radius 3 is 2.62 bits per heavy atom. The average Bonchev–Trinajstić information content (AvgIpc) is 3.28. The lowest BCUT2D eigenvalue weighted by Gasteiger charge is -2.25. The number of carboxylic acids is 1. The molecule has 1 aromatic carbocycles. The van der Waals surface area contributed by atoms with E-state index in [1.54, 1.807) is 0 Å². The highest BCUT2D eigenvalue weighted by Gasteiger charge is 2.39. The van der Waals surface area contributed by atoms with E-state index in [4.69, 9.17) is 0 Å². The first kappa shape index (κ1) is 17.9. The summed E-state index contributed by atoms with van der Waals surface area (Å²) in [5, 5.41) is 16.6. The van der Waals surface area contributed by atoms with Gasteiger partial charge in [-0.3, -0.25) is 4.79 Å². The first-order chi connectivity index (χ1) is 12.2. The van der Waals surface area contributed by atoms with Gasteiger partial charge in [-0.15, -0.1) is 5.10 Å². The molecule has 1 unspecified atom stereocenters. The minimum atomic E-state index is -4.51. The van der Waals surface area contributed by atoms with Crippen molar-refractivity contribution >= 4 is 11.9 Å². The summed E-state index contributed by atoms with van der Waals surface area (Å²) in [7, 11) is 0. The highest BCUT2D eigenvalue weighted by molar-refractivity contribution is 5.95. The number of hydrogen-bond acceptors (Lipinski definition) is 4. The van der Waals surface area contributed by atoms with Crippen molar-refractivity contribution in [3.8, 4) is 5.69 Å². The zero-order valence-corrected chi connectivity index (χ0v) is 13.6. The molecular formula is C16H15F3N4O3. The van der Waals surface area contributed by atoms with Crippen LogP contribution in [0.1, 0.15) is 35.8 Å². The van der Waals surface area contributed by atoms with Crippen LogP contribution in [0.2, 0.25) is 0 Å². The van der Waals surface area contributed by atoms with Gasteiger partial charge in [-0.1, -0.05) is 11.3 Å². The van der Waals surface area contributed by atoms with Gasteiger partial charge < -0.3 is 10.0 Å². The number of rotatable bonds is 5. The molecule has 138 valence electrons. The molecule has 1 fully saturated rings. The quantitative estimate of drug-likeness (QED) is 0.875. The molecule has 1 heterocycles. The molecule has 1 amide bonds. The third-order valence-corrected chi connectivity index (χ3v) is 4.10. The molecule has 1 aliphatic rings. The molecule has 0 saturated heterocycles. The van der Waals surface area contributed by atoms with Crippen LogP contribution in [0.3, 0.4) is 0 Å². The average molecular weight is 368 g/mol. The molecule has 1 N–H and O–H groups in total. The summed E-state index contributed by atoms with van der Waals surface area (Å²) in [4.78, 5) is 25.1. The van der Waals surface area contributed by atoms with E-state index in [2.05, 4.69) is 10.3 Å². The van der Waals surface area contributed by atoms with Gasteiger partial charge in [0.25, 0.3) is 5.91 Å². The van der Waals surface area contributed by atoms with Crippen LogP contribution in [-0.2, 0) is 11.0 Å². The van der Waals surface area contributed by atoms with E-state index in [0.29, 0.717) is 12.8 Å². The van der Waals surface area contributed by atoms with Crippen LogP contribution in [0.15, 0.2) is 30.5 Å². The van der Waals surface area contributed by atoms with E-state index in [9.17, 15) is 27.9 Å². The number of alkyl halides is 3. The minimum absolute atomic E-state index is 0.0932. The summed E-state index contributed by atoms with van der Waals surface area (Å²) < 4.78 is 39.5.